The number of rotatable bonds is 2. The maximum Gasteiger partial charge on any atom is 0.256 e. The van der Waals surface area contributed by atoms with Crippen LogP contribution >= 0.6 is 0 Å². The smallest absolute Gasteiger partial charge is 0.256 e. The van der Waals surface area contributed by atoms with E-state index >= 15 is 0 Å². The highest BCUT2D eigenvalue weighted by Gasteiger charge is 2.26. The van der Waals surface area contributed by atoms with Crippen LogP contribution in [0.15, 0.2) is 18.2 Å². The number of hydrogen-bond acceptors (Lipinski definition) is 3. The third-order valence-electron chi connectivity index (χ3n) is 3.79. The average Bonchev–Trinajstić information content (AvgIpc) is 2.38. The Morgan fingerprint density at radius 3 is 2.58 bits per heavy atom. The van der Waals surface area contributed by atoms with E-state index in [9.17, 15) is 9.18 Å². The molecule has 0 aliphatic heterocycles. The number of nitrogens with zero attached hydrogens (tertiary/aromatic N) is 1. The largest absolute Gasteiger partial charge is 0.508 e. The molecule has 4 nitrogen and oxygen atoms in total. The van der Waals surface area contributed by atoms with E-state index in [2.05, 4.69) is 0 Å². The number of aromatic hydroxyl groups is 1. The summed E-state index contributed by atoms with van der Waals surface area (Å²) in [6.07, 6.45) is 3.48. The molecule has 0 bridgehead atoms. The molecule has 1 amide bonds. The van der Waals surface area contributed by atoms with Crippen LogP contribution in [0.2, 0.25) is 0 Å². The first kappa shape index (κ1) is 13.8. The van der Waals surface area contributed by atoms with Gasteiger partial charge in [-0.15, -0.1) is 0 Å². The molecule has 1 aromatic carbocycles. The lowest BCUT2D eigenvalue weighted by molar-refractivity contribution is 0.0685. The van der Waals surface area contributed by atoms with Gasteiger partial charge in [0.05, 0.1) is 5.56 Å². The fraction of sp³-hybridized carbons (Fsp3) is 0.500. The highest BCUT2D eigenvalue weighted by atomic mass is 19.1. The maximum atomic E-state index is 13.7. The van der Waals surface area contributed by atoms with Crippen LogP contribution in [0.1, 0.15) is 36.0 Å². The number of carbonyl (C=O) groups excluding carboxylic acids is 1. The fourth-order valence-corrected chi connectivity index (χ4v) is 2.52. The van der Waals surface area contributed by atoms with Crippen LogP contribution in [0.5, 0.6) is 5.75 Å². The summed E-state index contributed by atoms with van der Waals surface area (Å²) in [4.78, 5) is 13.8. The highest BCUT2D eigenvalue weighted by molar-refractivity contribution is 5.94. The third-order valence-corrected chi connectivity index (χ3v) is 3.79. The van der Waals surface area contributed by atoms with Gasteiger partial charge in [0, 0.05) is 25.2 Å². The number of hydrogen-bond donors (Lipinski definition) is 2. The molecular formula is C14H19FN2O2. The summed E-state index contributed by atoms with van der Waals surface area (Å²) < 4.78 is 13.7. The highest BCUT2D eigenvalue weighted by Crippen LogP contribution is 2.24. The number of amides is 1. The number of halogens is 1. The third kappa shape index (κ3) is 3.04. The minimum absolute atomic E-state index is 0.00447. The molecule has 19 heavy (non-hydrogen) atoms. The lowest BCUT2D eigenvalue weighted by Crippen LogP contribution is -2.42. The molecule has 1 saturated carbocycles. The first-order valence-electron chi connectivity index (χ1n) is 6.50. The number of benzene rings is 1. The predicted octanol–water partition coefficient (Wildman–Crippen LogP) is 1.87. The lowest BCUT2D eigenvalue weighted by atomic mass is 9.90. The van der Waals surface area contributed by atoms with Gasteiger partial charge in [-0.1, -0.05) is 0 Å². The molecule has 0 atom stereocenters. The predicted molar refractivity (Wildman–Crippen MR) is 70.4 cm³/mol. The summed E-state index contributed by atoms with van der Waals surface area (Å²) in [5.74, 6) is -1.22. The standard InChI is InChI=1S/C14H19FN2O2/c1-17(10-4-2-9(16)3-5-10)14(19)12-7-6-11(18)8-13(12)15/h6-10,18H,2-5,16H2,1H3. The van der Waals surface area contributed by atoms with Gasteiger partial charge < -0.3 is 15.7 Å². The van der Waals surface area contributed by atoms with Crippen molar-refractivity contribution >= 4 is 5.91 Å². The zero-order valence-corrected chi connectivity index (χ0v) is 11.0. The normalized spacial score (nSPS) is 23.1. The van der Waals surface area contributed by atoms with Gasteiger partial charge in [0.25, 0.3) is 5.91 Å². The molecule has 0 radical (unpaired) electrons. The van der Waals surface area contributed by atoms with E-state index in [0.717, 1.165) is 31.7 Å². The summed E-state index contributed by atoms with van der Waals surface area (Å²) in [7, 11) is 1.69. The zero-order chi connectivity index (χ0) is 14.0. The molecule has 0 spiro atoms. The van der Waals surface area contributed by atoms with Gasteiger partial charge in [-0.3, -0.25) is 4.79 Å². The Balaban J connectivity index is 2.10. The monoisotopic (exact) mass is 266 g/mol. The topological polar surface area (TPSA) is 66.6 Å². The van der Waals surface area contributed by atoms with Crippen LogP contribution in [0.25, 0.3) is 0 Å². The quantitative estimate of drug-likeness (QED) is 0.858. The van der Waals surface area contributed by atoms with Crippen molar-refractivity contribution in [3.63, 3.8) is 0 Å². The van der Waals surface area contributed by atoms with Crippen molar-refractivity contribution in [3.8, 4) is 5.75 Å². The van der Waals surface area contributed by atoms with Crippen LogP contribution in [0.4, 0.5) is 4.39 Å². The van der Waals surface area contributed by atoms with E-state index in [1.807, 2.05) is 0 Å². The Morgan fingerprint density at radius 2 is 2.00 bits per heavy atom. The molecule has 0 saturated heterocycles. The summed E-state index contributed by atoms with van der Waals surface area (Å²) >= 11 is 0. The van der Waals surface area contributed by atoms with Crippen LogP contribution in [-0.2, 0) is 0 Å². The van der Waals surface area contributed by atoms with Crippen LogP contribution < -0.4 is 5.73 Å². The van der Waals surface area contributed by atoms with Crippen molar-refractivity contribution in [2.24, 2.45) is 5.73 Å². The van der Waals surface area contributed by atoms with Crippen molar-refractivity contribution in [1.82, 2.24) is 4.90 Å². The van der Waals surface area contributed by atoms with Crippen molar-refractivity contribution in [2.75, 3.05) is 7.05 Å². The fourth-order valence-electron chi connectivity index (χ4n) is 2.52. The van der Waals surface area contributed by atoms with E-state index in [-0.39, 0.29) is 29.3 Å². The number of carbonyl (C=O) groups is 1. The Labute approximate surface area is 112 Å². The average molecular weight is 266 g/mol. The molecule has 5 heteroatoms. The minimum Gasteiger partial charge on any atom is -0.508 e. The summed E-state index contributed by atoms with van der Waals surface area (Å²) in [5, 5.41) is 9.16. The molecule has 0 unspecified atom stereocenters. The molecule has 0 heterocycles. The van der Waals surface area contributed by atoms with Gasteiger partial charge in [0.1, 0.15) is 11.6 Å². The second-order valence-electron chi connectivity index (χ2n) is 5.15. The number of phenolic OH excluding ortho intramolecular Hbond substituents is 1. The van der Waals surface area contributed by atoms with E-state index in [1.165, 1.54) is 12.1 Å². The van der Waals surface area contributed by atoms with Gasteiger partial charge in [-0.25, -0.2) is 4.39 Å². The number of phenols is 1. The number of nitrogens with two attached hydrogens (primary N) is 1. The molecule has 3 N–H and O–H groups in total. The van der Waals surface area contributed by atoms with Gasteiger partial charge in [0.15, 0.2) is 0 Å². The van der Waals surface area contributed by atoms with E-state index < -0.39 is 5.82 Å². The second kappa shape index (κ2) is 5.57. The summed E-state index contributed by atoms with van der Waals surface area (Å²) in [6.45, 7) is 0. The Hall–Kier alpha value is -1.62. The van der Waals surface area contributed by atoms with Crippen molar-refractivity contribution in [2.45, 2.75) is 37.8 Å². The SMILES string of the molecule is CN(C(=O)c1ccc(O)cc1F)C1CCC(N)CC1. The van der Waals surface area contributed by atoms with Crippen LogP contribution in [0, 0.1) is 5.82 Å². The van der Waals surface area contributed by atoms with E-state index in [1.54, 1.807) is 11.9 Å². The maximum absolute atomic E-state index is 13.7. The first-order chi connectivity index (χ1) is 8.99. The van der Waals surface area contributed by atoms with Gasteiger partial charge in [-0.2, -0.15) is 0 Å². The Morgan fingerprint density at radius 1 is 1.37 bits per heavy atom. The molecule has 1 aliphatic rings. The lowest BCUT2D eigenvalue weighted by Gasteiger charge is -2.33. The Kier molecular flexibility index (Phi) is 4.04. The van der Waals surface area contributed by atoms with Crippen molar-refractivity contribution in [1.29, 1.82) is 0 Å². The van der Waals surface area contributed by atoms with Gasteiger partial charge in [-0.05, 0) is 37.8 Å². The van der Waals surface area contributed by atoms with Gasteiger partial charge in [0.2, 0.25) is 0 Å². The van der Waals surface area contributed by atoms with E-state index in [0.29, 0.717) is 0 Å². The van der Waals surface area contributed by atoms with Crippen LogP contribution in [0.3, 0.4) is 0 Å². The van der Waals surface area contributed by atoms with Gasteiger partial charge >= 0.3 is 0 Å². The first-order valence-corrected chi connectivity index (χ1v) is 6.50. The molecule has 0 aromatic heterocycles. The molecule has 1 fully saturated rings. The molecule has 104 valence electrons. The Bertz CT molecular complexity index is 471. The zero-order valence-electron chi connectivity index (χ0n) is 11.0. The second-order valence-corrected chi connectivity index (χ2v) is 5.15. The van der Waals surface area contributed by atoms with E-state index in [4.69, 9.17) is 10.8 Å². The molecule has 1 aliphatic carbocycles. The molecule has 2 rings (SSSR count). The molecule has 1 aromatic rings. The minimum atomic E-state index is -0.690. The summed E-state index contributed by atoms with van der Waals surface area (Å²) in [6, 6.07) is 3.92. The van der Waals surface area contributed by atoms with Crippen molar-refractivity contribution in [3.05, 3.63) is 29.6 Å². The summed E-state index contributed by atoms with van der Waals surface area (Å²) in [5.41, 5.74) is 5.83. The van der Waals surface area contributed by atoms with Crippen LogP contribution in [-0.4, -0.2) is 35.0 Å². The van der Waals surface area contributed by atoms with Crippen molar-refractivity contribution < 1.29 is 14.3 Å². The molecular weight excluding hydrogens is 247 g/mol.